The quantitative estimate of drug-likeness (QED) is 0.616. The lowest BCUT2D eigenvalue weighted by Crippen LogP contribution is -2.31. The molecule has 0 bridgehead atoms. The number of thiazole rings is 1. The maximum atomic E-state index is 5.68. The Labute approximate surface area is 111 Å². The second-order valence-corrected chi connectivity index (χ2v) is 5.06. The Morgan fingerprint density at radius 2 is 2.33 bits per heavy atom. The highest BCUT2D eigenvalue weighted by Gasteiger charge is 2.17. The summed E-state index contributed by atoms with van der Waals surface area (Å²) < 4.78 is 2.01. The minimum atomic E-state index is 0.0592. The van der Waals surface area contributed by atoms with Crippen LogP contribution in [0.25, 0.3) is 0 Å². The number of nitrogens with one attached hydrogen (secondary N) is 1. The number of aromatic nitrogens is 3. The largest absolute Gasteiger partial charge is 0.271 e. The molecule has 2 aromatic rings. The van der Waals surface area contributed by atoms with E-state index in [1.165, 1.54) is 0 Å². The molecule has 0 radical (unpaired) electrons. The number of rotatable bonds is 6. The second kappa shape index (κ2) is 6.08. The molecule has 0 aromatic carbocycles. The zero-order chi connectivity index (χ0) is 13.0. The molecule has 0 saturated carbocycles. The second-order valence-electron chi connectivity index (χ2n) is 4.08. The van der Waals surface area contributed by atoms with Crippen molar-refractivity contribution in [2.45, 2.75) is 39.3 Å². The molecule has 0 aliphatic carbocycles. The van der Waals surface area contributed by atoms with Gasteiger partial charge in [0, 0.05) is 24.5 Å². The van der Waals surface area contributed by atoms with Crippen LogP contribution in [0, 0.1) is 0 Å². The molecule has 18 heavy (non-hydrogen) atoms. The molecule has 0 fully saturated rings. The van der Waals surface area contributed by atoms with E-state index in [0.29, 0.717) is 0 Å². The first kappa shape index (κ1) is 13.2. The van der Waals surface area contributed by atoms with Crippen LogP contribution in [0.4, 0.5) is 0 Å². The Bertz CT molecular complexity index is 477. The van der Waals surface area contributed by atoms with Crippen molar-refractivity contribution in [3.63, 3.8) is 0 Å². The molecule has 1 unspecified atom stereocenters. The Kier molecular flexibility index (Phi) is 4.46. The van der Waals surface area contributed by atoms with Gasteiger partial charge in [0.25, 0.3) is 0 Å². The van der Waals surface area contributed by atoms with Gasteiger partial charge in [-0.25, -0.2) is 4.98 Å². The molecule has 6 heteroatoms. The third-order valence-corrected chi connectivity index (χ3v) is 3.75. The zero-order valence-electron chi connectivity index (χ0n) is 10.8. The van der Waals surface area contributed by atoms with Crippen molar-refractivity contribution in [1.29, 1.82) is 0 Å². The monoisotopic (exact) mass is 265 g/mol. The van der Waals surface area contributed by atoms with Gasteiger partial charge in [-0.2, -0.15) is 5.10 Å². The summed E-state index contributed by atoms with van der Waals surface area (Å²) in [5, 5.41) is 7.62. The fraction of sp³-hybridized carbons (Fsp3) is 0.500. The molecule has 0 aliphatic heterocycles. The zero-order valence-corrected chi connectivity index (χ0v) is 11.6. The van der Waals surface area contributed by atoms with Crippen molar-refractivity contribution in [3.05, 3.63) is 34.0 Å². The Morgan fingerprint density at radius 3 is 2.89 bits per heavy atom. The Morgan fingerprint density at radius 1 is 1.50 bits per heavy atom. The van der Waals surface area contributed by atoms with E-state index < -0.39 is 0 Å². The van der Waals surface area contributed by atoms with Crippen molar-refractivity contribution in [2.24, 2.45) is 5.84 Å². The normalized spacial score (nSPS) is 12.8. The maximum Gasteiger partial charge on any atom is 0.0944 e. The predicted molar refractivity (Wildman–Crippen MR) is 73.2 cm³/mol. The molecular weight excluding hydrogens is 246 g/mol. The summed E-state index contributed by atoms with van der Waals surface area (Å²) in [5.41, 5.74) is 5.11. The lowest BCUT2D eigenvalue weighted by atomic mass is 10.1. The number of hydrogen-bond acceptors (Lipinski definition) is 5. The third-order valence-electron chi connectivity index (χ3n) is 2.94. The van der Waals surface area contributed by atoms with Crippen LogP contribution < -0.4 is 11.3 Å². The summed E-state index contributed by atoms with van der Waals surface area (Å²) in [5.74, 6) is 5.68. The smallest absolute Gasteiger partial charge is 0.0944 e. The van der Waals surface area contributed by atoms with Crippen molar-refractivity contribution in [3.8, 4) is 0 Å². The molecule has 0 amide bonds. The minimum Gasteiger partial charge on any atom is -0.271 e. The van der Waals surface area contributed by atoms with Crippen molar-refractivity contribution in [2.75, 3.05) is 0 Å². The van der Waals surface area contributed by atoms with Gasteiger partial charge in [0.15, 0.2) is 0 Å². The number of nitrogens with zero attached hydrogens (tertiary/aromatic N) is 3. The summed E-state index contributed by atoms with van der Waals surface area (Å²) in [6.45, 7) is 5.05. The van der Waals surface area contributed by atoms with Gasteiger partial charge in [-0.3, -0.25) is 16.0 Å². The summed E-state index contributed by atoms with van der Waals surface area (Å²) in [6, 6.07) is 2.19. The summed E-state index contributed by atoms with van der Waals surface area (Å²) in [7, 11) is 0. The van der Waals surface area contributed by atoms with E-state index in [4.69, 9.17) is 5.84 Å². The van der Waals surface area contributed by atoms with E-state index in [0.717, 1.165) is 35.8 Å². The molecule has 3 N–H and O–H groups in total. The molecule has 0 saturated heterocycles. The standard InChI is InChI=1S/C12H19N5S/c1-3-9-7-11(17(4-2)16-9)10(15-13)8-12-14-5-6-18-12/h5-7,10,15H,3-4,8,13H2,1-2H3. The van der Waals surface area contributed by atoms with E-state index in [2.05, 4.69) is 35.4 Å². The number of hydrogen-bond donors (Lipinski definition) is 2. The first-order chi connectivity index (χ1) is 8.78. The Hall–Kier alpha value is -1.24. The first-order valence-electron chi connectivity index (χ1n) is 6.19. The number of hydrazine groups is 1. The minimum absolute atomic E-state index is 0.0592. The van der Waals surface area contributed by atoms with E-state index >= 15 is 0 Å². The molecule has 0 spiro atoms. The van der Waals surface area contributed by atoms with Crippen LogP contribution in [0.2, 0.25) is 0 Å². The lowest BCUT2D eigenvalue weighted by molar-refractivity contribution is 0.489. The van der Waals surface area contributed by atoms with Gasteiger partial charge in [-0.15, -0.1) is 11.3 Å². The van der Waals surface area contributed by atoms with Crippen LogP contribution in [-0.2, 0) is 19.4 Å². The van der Waals surface area contributed by atoms with E-state index in [1.54, 1.807) is 11.3 Å². The molecule has 0 aliphatic rings. The van der Waals surface area contributed by atoms with E-state index in [-0.39, 0.29) is 6.04 Å². The topological polar surface area (TPSA) is 68.8 Å². The number of nitrogens with two attached hydrogens (primary N) is 1. The summed E-state index contributed by atoms with van der Waals surface area (Å²) >= 11 is 1.65. The van der Waals surface area contributed by atoms with Crippen molar-refractivity contribution >= 4 is 11.3 Å². The lowest BCUT2D eigenvalue weighted by Gasteiger charge is -2.15. The number of aryl methyl sites for hydroxylation is 2. The van der Waals surface area contributed by atoms with Gasteiger partial charge in [0.2, 0.25) is 0 Å². The van der Waals surface area contributed by atoms with Crippen molar-refractivity contribution in [1.82, 2.24) is 20.2 Å². The highest BCUT2D eigenvalue weighted by Crippen LogP contribution is 2.20. The van der Waals surface area contributed by atoms with Crippen LogP contribution in [-0.4, -0.2) is 14.8 Å². The predicted octanol–water partition coefficient (Wildman–Crippen LogP) is 1.67. The van der Waals surface area contributed by atoms with Gasteiger partial charge in [-0.05, 0) is 19.4 Å². The molecule has 5 nitrogen and oxygen atoms in total. The summed E-state index contributed by atoms with van der Waals surface area (Å²) in [4.78, 5) is 4.31. The molecule has 2 aromatic heterocycles. The molecule has 98 valence electrons. The Balaban J connectivity index is 2.23. The molecular formula is C12H19N5S. The maximum absolute atomic E-state index is 5.68. The van der Waals surface area contributed by atoms with Crippen LogP contribution in [0.15, 0.2) is 17.6 Å². The average molecular weight is 265 g/mol. The average Bonchev–Trinajstić information content (AvgIpc) is 3.04. The van der Waals surface area contributed by atoms with Gasteiger partial charge >= 0.3 is 0 Å². The highest BCUT2D eigenvalue weighted by molar-refractivity contribution is 7.09. The van der Waals surface area contributed by atoms with Gasteiger partial charge < -0.3 is 0 Å². The first-order valence-corrected chi connectivity index (χ1v) is 7.07. The van der Waals surface area contributed by atoms with Crippen LogP contribution >= 0.6 is 11.3 Å². The fourth-order valence-corrected chi connectivity index (χ4v) is 2.63. The summed E-state index contributed by atoms with van der Waals surface area (Å²) in [6.07, 6.45) is 3.56. The van der Waals surface area contributed by atoms with E-state index in [1.807, 2.05) is 16.3 Å². The van der Waals surface area contributed by atoms with Gasteiger partial charge in [0.1, 0.15) is 0 Å². The van der Waals surface area contributed by atoms with Crippen LogP contribution in [0.3, 0.4) is 0 Å². The molecule has 1 atom stereocenters. The SMILES string of the molecule is CCc1cc(C(Cc2nccs2)NN)n(CC)n1. The van der Waals surface area contributed by atoms with E-state index in [9.17, 15) is 0 Å². The van der Waals surface area contributed by atoms with Crippen molar-refractivity contribution < 1.29 is 0 Å². The van der Waals surface area contributed by atoms with Gasteiger partial charge in [-0.1, -0.05) is 6.92 Å². The van der Waals surface area contributed by atoms with Gasteiger partial charge in [0.05, 0.1) is 22.4 Å². The molecule has 2 rings (SSSR count). The third kappa shape index (κ3) is 2.77. The fourth-order valence-electron chi connectivity index (χ4n) is 1.97. The van der Waals surface area contributed by atoms with Crippen LogP contribution in [0.5, 0.6) is 0 Å². The van der Waals surface area contributed by atoms with Crippen LogP contribution in [0.1, 0.15) is 36.3 Å². The molecule has 2 heterocycles. The highest BCUT2D eigenvalue weighted by atomic mass is 32.1.